The van der Waals surface area contributed by atoms with E-state index in [9.17, 15) is 30.7 Å². The Kier molecular flexibility index (Phi) is 8.20. The fourth-order valence-electron chi connectivity index (χ4n) is 6.18. The topological polar surface area (TPSA) is 9.23 Å². The van der Waals surface area contributed by atoms with Gasteiger partial charge < -0.3 is 4.74 Å². The monoisotopic (exact) mass is 516 g/mol. The normalized spacial score (nSPS) is 25.1. The zero-order valence-electron chi connectivity index (χ0n) is 20.2. The maximum absolute atomic E-state index is 14.7. The fraction of sp³-hybridized carbons (Fsp3) is 0.571. The number of benzene rings is 2. The molecule has 4 rings (SSSR count). The molecule has 1 nitrogen and oxygen atoms in total. The number of alkyl halides is 2. The Balaban J connectivity index is 1.42. The highest BCUT2D eigenvalue weighted by Gasteiger charge is 2.42. The molecule has 198 valence electrons. The maximum atomic E-state index is 14.7. The lowest BCUT2D eigenvalue weighted by Gasteiger charge is -2.38. The summed E-state index contributed by atoms with van der Waals surface area (Å²) in [4.78, 5) is 0. The average Bonchev–Trinajstić information content (AvgIpc) is 2.82. The molecule has 0 saturated heterocycles. The van der Waals surface area contributed by atoms with Crippen LogP contribution in [0.1, 0.15) is 88.2 Å². The summed E-state index contributed by atoms with van der Waals surface area (Å²) in [6.45, 7) is 2.22. The Hall–Kier alpha value is -2.25. The summed E-state index contributed by atoms with van der Waals surface area (Å²) in [5.74, 6) is -7.53. The van der Waals surface area contributed by atoms with Crippen molar-refractivity contribution in [1.82, 2.24) is 0 Å². The van der Waals surface area contributed by atoms with Gasteiger partial charge in [0.05, 0.1) is 0 Å². The van der Waals surface area contributed by atoms with Gasteiger partial charge in [0.25, 0.3) is 0 Å². The van der Waals surface area contributed by atoms with Gasteiger partial charge in [-0.1, -0.05) is 32.6 Å². The quantitative estimate of drug-likeness (QED) is 0.263. The van der Waals surface area contributed by atoms with Crippen LogP contribution in [0.3, 0.4) is 0 Å². The molecule has 0 bridgehead atoms. The van der Waals surface area contributed by atoms with Crippen molar-refractivity contribution in [1.29, 1.82) is 0 Å². The highest BCUT2D eigenvalue weighted by atomic mass is 19.3. The molecule has 0 N–H and O–H groups in total. The molecular weight excluding hydrogens is 485 g/mol. The second-order valence-corrected chi connectivity index (χ2v) is 10.4. The van der Waals surface area contributed by atoms with Crippen LogP contribution in [0.5, 0.6) is 5.75 Å². The van der Waals surface area contributed by atoms with Crippen molar-refractivity contribution in [2.24, 2.45) is 17.8 Å². The van der Waals surface area contributed by atoms with E-state index in [1.165, 1.54) is 38.5 Å². The van der Waals surface area contributed by atoms with E-state index in [1.54, 1.807) is 0 Å². The lowest BCUT2D eigenvalue weighted by molar-refractivity contribution is -0.189. The number of halogens is 7. The van der Waals surface area contributed by atoms with Crippen LogP contribution < -0.4 is 4.74 Å². The third-order valence-electron chi connectivity index (χ3n) is 8.06. The van der Waals surface area contributed by atoms with E-state index in [2.05, 4.69) is 11.7 Å². The molecular formula is C28H31F7O. The lowest BCUT2D eigenvalue weighted by Crippen LogP contribution is -2.27. The molecule has 0 aromatic heterocycles. The van der Waals surface area contributed by atoms with Crippen LogP contribution in [0.4, 0.5) is 30.7 Å². The van der Waals surface area contributed by atoms with Crippen molar-refractivity contribution >= 4 is 0 Å². The smallest absolute Gasteiger partial charge is 0.429 e. The van der Waals surface area contributed by atoms with Crippen molar-refractivity contribution in [2.75, 3.05) is 0 Å². The third-order valence-corrected chi connectivity index (χ3v) is 8.06. The summed E-state index contributed by atoms with van der Waals surface area (Å²) in [6.07, 6.45) is 6.29. The zero-order valence-corrected chi connectivity index (χ0v) is 20.2. The molecule has 2 fully saturated rings. The first-order chi connectivity index (χ1) is 17.1. The number of rotatable bonds is 7. The first-order valence-corrected chi connectivity index (χ1v) is 12.8. The summed E-state index contributed by atoms with van der Waals surface area (Å²) >= 11 is 0. The highest BCUT2D eigenvalue weighted by Crippen LogP contribution is 2.45. The molecule has 0 radical (unpaired) electrons. The van der Waals surface area contributed by atoms with Gasteiger partial charge in [0.1, 0.15) is 22.9 Å². The minimum Gasteiger partial charge on any atom is -0.429 e. The van der Waals surface area contributed by atoms with Gasteiger partial charge >= 0.3 is 6.11 Å². The molecule has 0 amide bonds. The molecule has 0 unspecified atom stereocenters. The van der Waals surface area contributed by atoms with Crippen molar-refractivity contribution in [3.05, 3.63) is 64.5 Å². The van der Waals surface area contributed by atoms with Crippen LogP contribution in [0.25, 0.3) is 0 Å². The maximum Gasteiger partial charge on any atom is 0.432 e. The van der Waals surface area contributed by atoms with Gasteiger partial charge in [-0.15, -0.1) is 0 Å². The summed E-state index contributed by atoms with van der Waals surface area (Å²) < 4.78 is 103. The molecule has 2 aromatic carbocycles. The Bertz CT molecular complexity index is 1010. The van der Waals surface area contributed by atoms with E-state index in [-0.39, 0.29) is 18.1 Å². The molecule has 2 aliphatic rings. The number of hydrogen-bond donors (Lipinski definition) is 0. The van der Waals surface area contributed by atoms with Crippen LogP contribution in [-0.4, -0.2) is 0 Å². The minimum atomic E-state index is -4.57. The highest BCUT2D eigenvalue weighted by molar-refractivity contribution is 5.33. The Labute approximate surface area is 207 Å². The van der Waals surface area contributed by atoms with Gasteiger partial charge in [-0.2, -0.15) is 8.78 Å². The molecule has 0 atom stereocenters. The Morgan fingerprint density at radius 2 is 1.22 bits per heavy atom. The molecule has 36 heavy (non-hydrogen) atoms. The molecule has 2 saturated carbocycles. The molecule has 0 spiro atoms. The van der Waals surface area contributed by atoms with Gasteiger partial charge in [-0.25, -0.2) is 22.0 Å². The van der Waals surface area contributed by atoms with E-state index in [0.29, 0.717) is 17.4 Å². The first-order valence-electron chi connectivity index (χ1n) is 12.8. The summed E-state index contributed by atoms with van der Waals surface area (Å²) in [5, 5.41) is 0. The predicted molar refractivity (Wildman–Crippen MR) is 122 cm³/mol. The van der Waals surface area contributed by atoms with Gasteiger partial charge in [-0.3, -0.25) is 0 Å². The van der Waals surface area contributed by atoms with Crippen molar-refractivity contribution < 1.29 is 35.5 Å². The second kappa shape index (κ2) is 11.0. The van der Waals surface area contributed by atoms with E-state index in [4.69, 9.17) is 0 Å². The summed E-state index contributed by atoms with van der Waals surface area (Å²) in [7, 11) is 0. The van der Waals surface area contributed by atoms with Crippen molar-refractivity contribution in [3.63, 3.8) is 0 Å². The largest absolute Gasteiger partial charge is 0.432 e. The molecule has 8 heteroatoms. The lowest BCUT2D eigenvalue weighted by atomic mass is 9.68. The van der Waals surface area contributed by atoms with E-state index < -0.39 is 46.5 Å². The fourth-order valence-corrected chi connectivity index (χ4v) is 6.18. The average molecular weight is 517 g/mol. The van der Waals surface area contributed by atoms with Crippen molar-refractivity contribution in [3.8, 4) is 5.75 Å². The Morgan fingerprint density at radius 1 is 0.722 bits per heavy atom. The minimum absolute atomic E-state index is 0.134. The van der Waals surface area contributed by atoms with Gasteiger partial charge in [0, 0.05) is 12.1 Å². The second-order valence-electron chi connectivity index (χ2n) is 10.4. The summed E-state index contributed by atoms with van der Waals surface area (Å²) in [6, 6.07) is 2.15. The van der Waals surface area contributed by atoms with Crippen LogP contribution in [-0.2, 0) is 6.11 Å². The number of ether oxygens (including phenoxy) is 1. The molecule has 0 aliphatic heterocycles. The summed E-state index contributed by atoms with van der Waals surface area (Å²) in [5.41, 5.74) is -1.34. The van der Waals surface area contributed by atoms with E-state index >= 15 is 0 Å². The zero-order chi connectivity index (χ0) is 26.0. The van der Waals surface area contributed by atoms with Crippen LogP contribution in [0.2, 0.25) is 0 Å². The van der Waals surface area contributed by atoms with Crippen LogP contribution >= 0.6 is 0 Å². The van der Waals surface area contributed by atoms with Gasteiger partial charge in [0.2, 0.25) is 0 Å². The predicted octanol–water partition coefficient (Wildman–Crippen LogP) is 9.39. The molecule has 0 heterocycles. The number of hydrogen-bond acceptors (Lipinski definition) is 1. The van der Waals surface area contributed by atoms with E-state index in [0.717, 1.165) is 43.7 Å². The van der Waals surface area contributed by atoms with Crippen LogP contribution in [0, 0.1) is 46.8 Å². The van der Waals surface area contributed by atoms with Crippen molar-refractivity contribution in [2.45, 2.75) is 83.2 Å². The standard InChI is InChI=1S/C28H31F7O/c1-2-3-16-4-6-17(7-5-16)18-8-10-19(11-9-18)20-12-22(29)26(23(30)13-20)28(34,35)36-21-14-24(31)27(33)25(32)15-21/h12-19H,2-11H2,1H3/t16-,17-,18-,19-. The third kappa shape index (κ3) is 5.83. The van der Waals surface area contributed by atoms with E-state index in [1.807, 2.05) is 0 Å². The van der Waals surface area contributed by atoms with Gasteiger partial charge in [0.15, 0.2) is 17.5 Å². The SMILES string of the molecule is CCC[C@H]1CC[C@H]([C@H]2CC[C@H](c3cc(F)c(C(F)(F)Oc4cc(F)c(F)c(F)c4)c(F)c3)CC2)CC1. The Morgan fingerprint density at radius 3 is 1.72 bits per heavy atom. The van der Waals surface area contributed by atoms with Gasteiger partial charge in [-0.05, 0) is 79.9 Å². The molecule has 2 aromatic rings. The first kappa shape index (κ1) is 26.8. The van der Waals surface area contributed by atoms with Crippen LogP contribution in [0.15, 0.2) is 24.3 Å². The molecule has 2 aliphatic carbocycles.